The maximum atomic E-state index is 12.1. The van der Waals surface area contributed by atoms with Gasteiger partial charge in [-0.2, -0.15) is 0 Å². The number of amides is 2. The normalized spacial score (nSPS) is 20.9. The summed E-state index contributed by atoms with van der Waals surface area (Å²) >= 11 is 1.36. The summed E-state index contributed by atoms with van der Waals surface area (Å²) in [6.07, 6.45) is 5.09. The number of anilines is 1. The molecule has 21 heavy (non-hydrogen) atoms. The first-order valence-corrected chi connectivity index (χ1v) is 7.63. The Balaban J connectivity index is 2.14. The minimum absolute atomic E-state index is 0.384. The minimum atomic E-state index is -0.482. The van der Waals surface area contributed by atoms with Crippen molar-refractivity contribution in [1.82, 2.24) is 0 Å². The zero-order valence-electron chi connectivity index (χ0n) is 11.8. The largest absolute Gasteiger partial charge is 0.465 e. The van der Waals surface area contributed by atoms with Crippen molar-refractivity contribution in [3.05, 3.63) is 28.2 Å². The maximum absolute atomic E-state index is 12.1. The van der Waals surface area contributed by atoms with Crippen molar-refractivity contribution in [2.75, 3.05) is 12.0 Å². The van der Waals surface area contributed by atoms with Crippen LogP contribution in [0.15, 0.2) is 12.2 Å². The van der Waals surface area contributed by atoms with E-state index in [1.165, 1.54) is 30.6 Å². The van der Waals surface area contributed by atoms with Gasteiger partial charge in [0.05, 0.1) is 12.7 Å². The Morgan fingerprint density at radius 3 is 2.62 bits per heavy atom. The highest BCUT2D eigenvalue weighted by Gasteiger charge is 2.35. The smallest absolute Gasteiger partial charge is 0.341 e. The number of hydrogen-bond acceptors (Lipinski definition) is 5. The molecule has 1 aromatic rings. The average Bonchev–Trinajstić information content (AvgIpc) is 2.97. The molecule has 110 valence electrons. The first-order valence-electron chi connectivity index (χ1n) is 6.82. The number of thiophene rings is 1. The highest BCUT2D eigenvalue weighted by molar-refractivity contribution is 7.17. The highest BCUT2D eigenvalue weighted by Crippen LogP contribution is 2.42. The predicted octanol–water partition coefficient (Wildman–Crippen LogP) is 2.09. The molecule has 2 aliphatic rings. The number of methoxy groups -OCH3 is 1. The predicted molar refractivity (Wildman–Crippen MR) is 78.5 cm³/mol. The quantitative estimate of drug-likeness (QED) is 0.620. The molecule has 1 aliphatic carbocycles. The van der Waals surface area contributed by atoms with E-state index >= 15 is 0 Å². The first-order chi connectivity index (χ1) is 10.0. The number of hydrogen-bond donors (Lipinski definition) is 0. The third-order valence-corrected chi connectivity index (χ3v) is 5.13. The number of fused-ring (bicyclic) bond motifs is 1. The number of rotatable bonds is 2. The fourth-order valence-corrected chi connectivity index (χ4v) is 4.32. The van der Waals surface area contributed by atoms with Gasteiger partial charge in [0, 0.05) is 17.0 Å². The van der Waals surface area contributed by atoms with Gasteiger partial charge in [0.15, 0.2) is 0 Å². The Hall–Kier alpha value is -1.95. The van der Waals surface area contributed by atoms with Crippen LogP contribution in [0.5, 0.6) is 0 Å². The molecule has 6 heteroatoms. The summed E-state index contributed by atoms with van der Waals surface area (Å²) in [6.45, 7) is 2.16. The van der Waals surface area contributed by atoms with E-state index in [9.17, 15) is 14.4 Å². The third kappa shape index (κ3) is 2.19. The lowest BCUT2D eigenvalue weighted by Crippen LogP contribution is -2.30. The van der Waals surface area contributed by atoms with E-state index in [1.54, 1.807) is 0 Å². The molecule has 0 aromatic carbocycles. The van der Waals surface area contributed by atoms with E-state index in [0.29, 0.717) is 16.5 Å². The number of carbonyl (C=O) groups excluding carboxylic acids is 3. The third-order valence-electron chi connectivity index (χ3n) is 3.89. The topological polar surface area (TPSA) is 63.7 Å². The van der Waals surface area contributed by atoms with Crippen LogP contribution in [0.2, 0.25) is 0 Å². The molecule has 0 N–H and O–H groups in total. The molecule has 2 amide bonds. The number of ether oxygens (including phenoxy) is 1. The average molecular weight is 305 g/mol. The molecule has 1 atom stereocenters. The lowest BCUT2D eigenvalue weighted by Gasteiger charge is -2.18. The fraction of sp³-hybridized carbons (Fsp3) is 0.400. The zero-order chi connectivity index (χ0) is 15.1. The van der Waals surface area contributed by atoms with Gasteiger partial charge in [-0.05, 0) is 30.7 Å². The van der Waals surface area contributed by atoms with Crippen molar-refractivity contribution in [3.63, 3.8) is 0 Å². The van der Waals surface area contributed by atoms with Crippen LogP contribution in [0, 0.1) is 5.92 Å². The molecule has 0 spiro atoms. The van der Waals surface area contributed by atoms with Crippen molar-refractivity contribution < 1.29 is 19.1 Å². The van der Waals surface area contributed by atoms with Crippen molar-refractivity contribution in [2.45, 2.75) is 26.2 Å². The van der Waals surface area contributed by atoms with Crippen LogP contribution in [0.1, 0.15) is 34.1 Å². The van der Waals surface area contributed by atoms with E-state index in [1.807, 2.05) is 0 Å². The van der Waals surface area contributed by atoms with Gasteiger partial charge in [-0.3, -0.25) is 9.59 Å². The van der Waals surface area contributed by atoms with Gasteiger partial charge in [0.1, 0.15) is 5.00 Å². The molecular weight excluding hydrogens is 290 g/mol. The number of carbonyl (C=O) groups is 3. The molecule has 0 fully saturated rings. The Morgan fingerprint density at radius 2 is 2.00 bits per heavy atom. The Kier molecular flexibility index (Phi) is 3.41. The van der Waals surface area contributed by atoms with Crippen molar-refractivity contribution >= 4 is 34.1 Å². The number of nitrogens with zero attached hydrogens (tertiary/aromatic N) is 1. The lowest BCUT2D eigenvalue weighted by molar-refractivity contribution is -0.119. The Labute approximate surface area is 126 Å². The second-order valence-corrected chi connectivity index (χ2v) is 6.45. The summed E-state index contributed by atoms with van der Waals surface area (Å²) in [5, 5.41) is 0.404. The Morgan fingerprint density at radius 1 is 1.33 bits per heavy atom. The van der Waals surface area contributed by atoms with Crippen LogP contribution in [0.4, 0.5) is 5.00 Å². The Bertz CT molecular complexity index is 655. The molecule has 2 heterocycles. The standard InChI is InChI=1S/C15H15NO4S/c1-8-3-4-9-10(7-8)21-14(13(9)15(19)20-2)16-11(17)5-6-12(16)18/h5-6,8H,3-4,7H2,1-2H3/t8-/m0/s1. The first kappa shape index (κ1) is 14.0. The van der Waals surface area contributed by atoms with Gasteiger partial charge in [0.25, 0.3) is 11.8 Å². The van der Waals surface area contributed by atoms with Gasteiger partial charge in [-0.1, -0.05) is 6.92 Å². The zero-order valence-corrected chi connectivity index (χ0v) is 12.7. The van der Waals surface area contributed by atoms with Crippen molar-refractivity contribution in [3.8, 4) is 0 Å². The summed E-state index contributed by atoms with van der Waals surface area (Å²) in [6, 6.07) is 0. The fourth-order valence-electron chi connectivity index (χ4n) is 2.81. The van der Waals surface area contributed by atoms with Gasteiger partial charge in [-0.15, -0.1) is 11.3 Å². The summed E-state index contributed by atoms with van der Waals surface area (Å²) < 4.78 is 4.86. The molecule has 0 bridgehead atoms. The highest BCUT2D eigenvalue weighted by atomic mass is 32.1. The lowest BCUT2D eigenvalue weighted by atomic mass is 9.88. The van der Waals surface area contributed by atoms with Crippen molar-refractivity contribution in [2.24, 2.45) is 5.92 Å². The molecule has 0 radical (unpaired) electrons. The van der Waals surface area contributed by atoms with Crippen LogP contribution in [-0.2, 0) is 27.2 Å². The molecule has 1 aliphatic heterocycles. The summed E-state index contributed by atoms with van der Waals surface area (Å²) in [5.41, 5.74) is 1.32. The molecule has 0 saturated carbocycles. The maximum Gasteiger partial charge on any atom is 0.341 e. The molecule has 1 aromatic heterocycles. The summed E-state index contributed by atoms with van der Waals surface area (Å²) in [4.78, 5) is 38.1. The van der Waals surface area contributed by atoms with Gasteiger partial charge in [-0.25, -0.2) is 9.69 Å². The van der Waals surface area contributed by atoms with Crippen LogP contribution >= 0.6 is 11.3 Å². The van der Waals surface area contributed by atoms with E-state index in [-0.39, 0.29) is 0 Å². The minimum Gasteiger partial charge on any atom is -0.465 e. The molecule has 0 saturated heterocycles. The SMILES string of the molecule is COC(=O)c1c(N2C(=O)C=CC2=O)sc2c1CC[C@H](C)C2. The van der Waals surface area contributed by atoms with Gasteiger partial charge >= 0.3 is 5.97 Å². The van der Waals surface area contributed by atoms with Gasteiger partial charge < -0.3 is 4.74 Å². The molecule has 3 rings (SSSR count). The van der Waals surface area contributed by atoms with Gasteiger partial charge in [0.2, 0.25) is 0 Å². The monoisotopic (exact) mass is 305 g/mol. The number of esters is 1. The molecular formula is C15H15NO4S. The van der Waals surface area contributed by atoms with E-state index in [2.05, 4.69) is 6.92 Å². The van der Waals surface area contributed by atoms with Crippen LogP contribution in [0.3, 0.4) is 0 Å². The second kappa shape index (κ2) is 5.11. The van der Waals surface area contributed by atoms with Crippen LogP contribution in [0.25, 0.3) is 0 Å². The molecule has 5 nitrogen and oxygen atoms in total. The van der Waals surface area contributed by atoms with E-state index < -0.39 is 17.8 Å². The molecule has 0 unspecified atom stereocenters. The number of imide groups is 1. The van der Waals surface area contributed by atoms with Crippen molar-refractivity contribution in [1.29, 1.82) is 0 Å². The van der Waals surface area contributed by atoms with Crippen LogP contribution < -0.4 is 4.90 Å². The second-order valence-electron chi connectivity index (χ2n) is 5.37. The van der Waals surface area contributed by atoms with E-state index in [0.717, 1.165) is 34.6 Å². The summed E-state index contributed by atoms with van der Waals surface area (Å²) in [7, 11) is 1.31. The summed E-state index contributed by atoms with van der Waals surface area (Å²) in [5.74, 6) is -0.754. The van der Waals surface area contributed by atoms with Crippen LogP contribution in [-0.4, -0.2) is 24.9 Å². The van der Waals surface area contributed by atoms with E-state index in [4.69, 9.17) is 4.74 Å².